The Kier molecular flexibility index (Phi) is 2.29. The molecule has 1 N–H and O–H groups in total. The van der Waals surface area contributed by atoms with Crippen LogP contribution in [0.3, 0.4) is 0 Å². The molecular formula is C10H11N3S. The number of benzene rings is 1. The van der Waals surface area contributed by atoms with Crippen LogP contribution in [0.4, 0.5) is 0 Å². The third-order valence-electron chi connectivity index (χ3n) is 2.30. The Hall–Kier alpha value is -1.29. The van der Waals surface area contributed by atoms with E-state index >= 15 is 0 Å². The summed E-state index contributed by atoms with van der Waals surface area (Å²) in [6.45, 7) is 4.14. The molecule has 14 heavy (non-hydrogen) atoms. The number of nitrogens with one attached hydrogen (secondary N) is 1. The predicted molar refractivity (Wildman–Crippen MR) is 59.2 cm³/mol. The largest absolute Gasteiger partial charge is 0.251 e. The second kappa shape index (κ2) is 3.46. The molecule has 0 saturated carbocycles. The number of hydrogen-bond donors (Lipinski definition) is 1. The Morgan fingerprint density at radius 2 is 2.14 bits per heavy atom. The molecule has 2 rings (SSSR count). The van der Waals surface area contributed by atoms with Gasteiger partial charge in [-0.05, 0) is 25.0 Å². The normalized spacial score (nSPS) is 19.9. The van der Waals surface area contributed by atoms with Gasteiger partial charge in [0, 0.05) is 0 Å². The first kappa shape index (κ1) is 9.27. The fraction of sp³-hybridized carbons (Fsp3) is 0.300. The monoisotopic (exact) mass is 205 g/mol. The fourth-order valence-electron chi connectivity index (χ4n) is 1.59. The Balaban J connectivity index is 2.41. The summed E-state index contributed by atoms with van der Waals surface area (Å²) in [4.78, 5) is 0.678. The first-order valence-electron chi connectivity index (χ1n) is 4.45. The molecule has 0 aromatic heterocycles. The van der Waals surface area contributed by atoms with Crippen molar-refractivity contribution in [2.45, 2.75) is 19.9 Å². The number of rotatable bonds is 1. The van der Waals surface area contributed by atoms with Crippen LogP contribution in [-0.2, 0) is 0 Å². The average molecular weight is 205 g/mol. The lowest BCUT2D eigenvalue weighted by atomic mass is 10.00. The summed E-state index contributed by atoms with van der Waals surface area (Å²) in [7, 11) is 0. The minimum Gasteiger partial charge on any atom is -0.251 e. The van der Waals surface area contributed by atoms with Crippen LogP contribution in [0.25, 0.3) is 0 Å². The zero-order valence-corrected chi connectivity index (χ0v) is 8.93. The predicted octanol–water partition coefficient (Wildman–Crippen LogP) is 2.64. The highest BCUT2D eigenvalue weighted by Crippen LogP contribution is 2.25. The van der Waals surface area contributed by atoms with Crippen LogP contribution in [0.5, 0.6) is 0 Å². The lowest BCUT2D eigenvalue weighted by Gasteiger charge is -2.09. The molecule has 0 bridgehead atoms. The van der Waals surface area contributed by atoms with Gasteiger partial charge in [-0.15, -0.1) is 0 Å². The van der Waals surface area contributed by atoms with E-state index in [0.717, 1.165) is 5.56 Å². The summed E-state index contributed by atoms with van der Waals surface area (Å²) in [6.07, 6.45) is 0. The Bertz CT molecular complexity index is 412. The van der Waals surface area contributed by atoms with Crippen molar-refractivity contribution in [2.24, 2.45) is 10.3 Å². The molecule has 0 saturated heterocycles. The van der Waals surface area contributed by atoms with E-state index in [1.165, 1.54) is 11.1 Å². The van der Waals surface area contributed by atoms with Gasteiger partial charge in [0.1, 0.15) is 11.0 Å². The molecule has 0 unspecified atom stereocenters. The van der Waals surface area contributed by atoms with Crippen LogP contribution in [-0.4, -0.2) is 4.99 Å². The molecule has 72 valence electrons. The van der Waals surface area contributed by atoms with Crippen molar-refractivity contribution in [1.29, 1.82) is 0 Å². The van der Waals surface area contributed by atoms with Crippen LogP contribution in [0.2, 0.25) is 0 Å². The van der Waals surface area contributed by atoms with Crippen molar-refractivity contribution in [3.05, 3.63) is 34.9 Å². The van der Waals surface area contributed by atoms with Crippen molar-refractivity contribution in [3.63, 3.8) is 0 Å². The van der Waals surface area contributed by atoms with Crippen molar-refractivity contribution in [1.82, 2.24) is 5.43 Å². The van der Waals surface area contributed by atoms with Gasteiger partial charge in [0.05, 0.1) is 0 Å². The minimum absolute atomic E-state index is 0.0920. The molecular weight excluding hydrogens is 194 g/mol. The van der Waals surface area contributed by atoms with Gasteiger partial charge < -0.3 is 0 Å². The molecule has 0 fully saturated rings. The Labute approximate surface area is 88.2 Å². The van der Waals surface area contributed by atoms with E-state index in [0.29, 0.717) is 4.99 Å². The van der Waals surface area contributed by atoms with Gasteiger partial charge in [0.2, 0.25) is 0 Å². The maximum absolute atomic E-state index is 5.12. The van der Waals surface area contributed by atoms with Gasteiger partial charge >= 0.3 is 0 Å². The van der Waals surface area contributed by atoms with Crippen molar-refractivity contribution < 1.29 is 0 Å². The molecule has 3 nitrogen and oxygen atoms in total. The van der Waals surface area contributed by atoms with E-state index in [4.69, 9.17) is 12.2 Å². The van der Waals surface area contributed by atoms with Gasteiger partial charge in [-0.25, -0.2) is 0 Å². The van der Waals surface area contributed by atoms with E-state index in [-0.39, 0.29) is 6.04 Å². The second-order valence-corrected chi connectivity index (χ2v) is 3.89. The Morgan fingerprint density at radius 3 is 2.71 bits per heavy atom. The maximum atomic E-state index is 5.12. The standard InChI is InChI=1S/C10H11N3S/c1-6-3-4-8(7(2)5-6)9-10(14)12-13-11-9/h3-5,9H,1-2H3,(H,11,12,14)/t9-/m1/s1. The zero-order valence-electron chi connectivity index (χ0n) is 8.11. The van der Waals surface area contributed by atoms with Gasteiger partial charge in [0.25, 0.3) is 0 Å². The SMILES string of the molecule is Cc1ccc([C@H]2N=NNC2=S)c(C)c1. The smallest absolute Gasteiger partial charge is 0.150 e. The van der Waals surface area contributed by atoms with Crippen molar-refractivity contribution in [2.75, 3.05) is 0 Å². The molecule has 1 aliphatic rings. The highest BCUT2D eigenvalue weighted by Gasteiger charge is 2.21. The van der Waals surface area contributed by atoms with Crippen molar-refractivity contribution in [3.8, 4) is 0 Å². The molecule has 1 atom stereocenters. The molecule has 1 aromatic carbocycles. The first-order valence-corrected chi connectivity index (χ1v) is 4.86. The topological polar surface area (TPSA) is 36.8 Å². The molecule has 1 aliphatic heterocycles. The lowest BCUT2D eigenvalue weighted by Crippen LogP contribution is -2.15. The van der Waals surface area contributed by atoms with Gasteiger partial charge in [0.15, 0.2) is 0 Å². The van der Waals surface area contributed by atoms with E-state index in [9.17, 15) is 0 Å². The van der Waals surface area contributed by atoms with Gasteiger partial charge in [-0.1, -0.05) is 41.2 Å². The molecule has 0 amide bonds. The van der Waals surface area contributed by atoms with E-state index in [2.05, 4.69) is 47.8 Å². The second-order valence-electron chi connectivity index (χ2n) is 3.45. The summed E-state index contributed by atoms with van der Waals surface area (Å²) in [5.41, 5.74) is 6.29. The van der Waals surface area contributed by atoms with E-state index in [1.54, 1.807) is 0 Å². The number of thiocarbonyl (C=S) groups is 1. The van der Waals surface area contributed by atoms with E-state index < -0.39 is 0 Å². The zero-order chi connectivity index (χ0) is 10.1. The summed E-state index contributed by atoms with van der Waals surface area (Å²) in [5, 5.41) is 7.77. The van der Waals surface area contributed by atoms with Crippen LogP contribution in [0.15, 0.2) is 28.5 Å². The first-order chi connectivity index (χ1) is 6.68. The number of aryl methyl sites for hydroxylation is 2. The third-order valence-corrected chi connectivity index (χ3v) is 2.62. The number of hydrogen-bond acceptors (Lipinski definition) is 3. The summed E-state index contributed by atoms with van der Waals surface area (Å²) < 4.78 is 0. The molecule has 0 aliphatic carbocycles. The summed E-state index contributed by atoms with van der Waals surface area (Å²) in [5.74, 6) is 0. The van der Waals surface area contributed by atoms with Gasteiger partial charge in [-0.2, -0.15) is 5.11 Å². The number of nitrogens with zero attached hydrogens (tertiary/aromatic N) is 2. The molecule has 0 spiro atoms. The molecule has 4 heteroatoms. The van der Waals surface area contributed by atoms with Crippen LogP contribution in [0, 0.1) is 13.8 Å². The summed E-state index contributed by atoms with van der Waals surface area (Å²) in [6, 6.07) is 6.17. The highest BCUT2D eigenvalue weighted by molar-refractivity contribution is 7.80. The maximum Gasteiger partial charge on any atom is 0.150 e. The van der Waals surface area contributed by atoms with Crippen molar-refractivity contribution >= 4 is 17.2 Å². The van der Waals surface area contributed by atoms with Gasteiger partial charge in [-0.3, -0.25) is 5.43 Å². The van der Waals surface area contributed by atoms with Crippen LogP contribution < -0.4 is 5.43 Å². The quantitative estimate of drug-likeness (QED) is 0.715. The molecule has 1 heterocycles. The van der Waals surface area contributed by atoms with Crippen LogP contribution >= 0.6 is 12.2 Å². The Morgan fingerprint density at radius 1 is 1.36 bits per heavy atom. The fourth-order valence-corrected chi connectivity index (χ4v) is 1.80. The summed E-state index contributed by atoms with van der Waals surface area (Å²) >= 11 is 5.12. The van der Waals surface area contributed by atoms with Crippen LogP contribution in [0.1, 0.15) is 22.7 Å². The highest BCUT2D eigenvalue weighted by atomic mass is 32.1. The average Bonchev–Trinajstić information content (AvgIpc) is 2.52. The van der Waals surface area contributed by atoms with E-state index in [1.807, 2.05) is 0 Å². The lowest BCUT2D eigenvalue weighted by molar-refractivity contribution is 0.893. The minimum atomic E-state index is -0.0920. The molecule has 0 radical (unpaired) electrons. The third kappa shape index (κ3) is 1.53. The molecule has 1 aromatic rings.